The van der Waals surface area contributed by atoms with Crippen molar-refractivity contribution in [3.05, 3.63) is 84.4 Å². The van der Waals surface area contributed by atoms with Crippen molar-refractivity contribution in [3.8, 4) is 11.3 Å². The van der Waals surface area contributed by atoms with Gasteiger partial charge in [0.2, 0.25) is 0 Å². The number of nitrogens with one attached hydrogen (secondary N) is 1. The SMILES string of the molecule is O=C(c1ccco1)N1CCNC(c2nnc(-c3ccccc3)c3ccccc23)C1. The van der Waals surface area contributed by atoms with Crippen LogP contribution in [-0.2, 0) is 0 Å². The quantitative estimate of drug-likeness (QED) is 0.583. The van der Waals surface area contributed by atoms with Gasteiger partial charge in [0.15, 0.2) is 5.76 Å². The van der Waals surface area contributed by atoms with Gasteiger partial charge in [-0.1, -0.05) is 54.6 Å². The van der Waals surface area contributed by atoms with Gasteiger partial charge in [0.1, 0.15) is 5.69 Å². The number of carbonyl (C=O) groups is 1. The molecule has 29 heavy (non-hydrogen) atoms. The summed E-state index contributed by atoms with van der Waals surface area (Å²) in [7, 11) is 0. The van der Waals surface area contributed by atoms with E-state index in [4.69, 9.17) is 4.42 Å². The molecule has 0 bridgehead atoms. The highest BCUT2D eigenvalue weighted by molar-refractivity contribution is 5.96. The standard InChI is InChI=1S/C23H20N4O2/c28-23(20-11-6-14-29-20)27-13-12-24-19(15-27)22-18-10-5-4-9-17(18)21(25-26-22)16-7-2-1-3-8-16/h1-11,14,19,24H,12-13,15H2. The van der Waals surface area contributed by atoms with E-state index in [1.807, 2.05) is 47.4 Å². The Morgan fingerprint density at radius 3 is 2.55 bits per heavy atom. The Labute approximate surface area is 168 Å². The number of fused-ring (bicyclic) bond motifs is 1. The van der Waals surface area contributed by atoms with Crippen molar-refractivity contribution in [1.29, 1.82) is 0 Å². The summed E-state index contributed by atoms with van der Waals surface area (Å²) in [4.78, 5) is 14.5. The van der Waals surface area contributed by atoms with E-state index in [0.29, 0.717) is 25.4 Å². The monoisotopic (exact) mass is 384 g/mol. The minimum atomic E-state index is -0.0975. The molecule has 1 fully saturated rings. The van der Waals surface area contributed by atoms with E-state index in [1.165, 1.54) is 6.26 Å². The first kappa shape index (κ1) is 17.6. The van der Waals surface area contributed by atoms with Crippen molar-refractivity contribution in [2.24, 2.45) is 0 Å². The molecule has 1 saturated heterocycles. The maximum absolute atomic E-state index is 12.7. The fourth-order valence-corrected chi connectivity index (χ4v) is 3.86. The fraction of sp³-hybridized carbons (Fsp3) is 0.174. The van der Waals surface area contributed by atoms with Crippen LogP contribution in [0.2, 0.25) is 0 Å². The Kier molecular flexibility index (Phi) is 4.54. The Balaban J connectivity index is 1.51. The zero-order valence-corrected chi connectivity index (χ0v) is 15.8. The minimum absolute atomic E-state index is 0.0927. The predicted molar refractivity (Wildman–Crippen MR) is 110 cm³/mol. The van der Waals surface area contributed by atoms with E-state index in [2.05, 4.69) is 27.6 Å². The molecule has 1 atom stereocenters. The van der Waals surface area contributed by atoms with E-state index in [9.17, 15) is 4.79 Å². The molecule has 3 heterocycles. The Bertz CT molecular complexity index is 1140. The van der Waals surface area contributed by atoms with Gasteiger partial charge in [0, 0.05) is 36.0 Å². The molecule has 2 aromatic heterocycles. The van der Waals surface area contributed by atoms with E-state index in [1.54, 1.807) is 12.1 Å². The van der Waals surface area contributed by atoms with Crippen LogP contribution in [0.15, 0.2) is 77.4 Å². The summed E-state index contributed by atoms with van der Waals surface area (Å²) in [5.41, 5.74) is 2.76. The van der Waals surface area contributed by atoms with Crippen LogP contribution in [-0.4, -0.2) is 40.6 Å². The summed E-state index contributed by atoms with van der Waals surface area (Å²) in [5.74, 6) is 0.265. The first-order chi connectivity index (χ1) is 14.3. The number of furan rings is 1. The van der Waals surface area contributed by atoms with E-state index >= 15 is 0 Å². The maximum atomic E-state index is 12.7. The topological polar surface area (TPSA) is 71.3 Å². The minimum Gasteiger partial charge on any atom is -0.459 e. The second-order valence-corrected chi connectivity index (χ2v) is 7.08. The summed E-state index contributed by atoms with van der Waals surface area (Å²) < 4.78 is 5.28. The Hall–Kier alpha value is -3.51. The summed E-state index contributed by atoms with van der Waals surface area (Å²) >= 11 is 0. The molecular formula is C23H20N4O2. The molecule has 0 aliphatic carbocycles. The second-order valence-electron chi connectivity index (χ2n) is 7.08. The lowest BCUT2D eigenvalue weighted by molar-refractivity contribution is 0.0669. The number of hydrogen-bond acceptors (Lipinski definition) is 5. The van der Waals surface area contributed by atoms with E-state index in [0.717, 1.165) is 27.7 Å². The third kappa shape index (κ3) is 3.28. The van der Waals surface area contributed by atoms with E-state index in [-0.39, 0.29) is 11.9 Å². The average molecular weight is 384 g/mol. The number of amides is 1. The van der Waals surface area contributed by atoms with Crippen LogP contribution < -0.4 is 5.32 Å². The van der Waals surface area contributed by atoms with Crippen LogP contribution in [0.3, 0.4) is 0 Å². The lowest BCUT2D eigenvalue weighted by atomic mass is 9.99. The Morgan fingerprint density at radius 2 is 1.76 bits per heavy atom. The lowest BCUT2D eigenvalue weighted by Crippen LogP contribution is -2.48. The molecule has 1 aliphatic rings. The Morgan fingerprint density at radius 1 is 0.966 bits per heavy atom. The highest BCUT2D eigenvalue weighted by Gasteiger charge is 2.28. The van der Waals surface area contributed by atoms with Gasteiger partial charge < -0.3 is 14.6 Å². The normalized spacial score (nSPS) is 16.8. The van der Waals surface area contributed by atoms with Gasteiger partial charge in [-0.3, -0.25) is 4.79 Å². The summed E-state index contributed by atoms with van der Waals surface area (Å²) in [6.07, 6.45) is 1.52. The third-order valence-electron chi connectivity index (χ3n) is 5.29. The maximum Gasteiger partial charge on any atom is 0.289 e. The van der Waals surface area contributed by atoms with Crippen molar-refractivity contribution in [2.45, 2.75) is 6.04 Å². The third-order valence-corrected chi connectivity index (χ3v) is 5.29. The molecule has 6 heteroatoms. The molecule has 0 radical (unpaired) electrons. The smallest absolute Gasteiger partial charge is 0.289 e. The van der Waals surface area contributed by atoms with Gasteiger partial charge in [0.05, 0.1) is 18.0 Å². The van der Waals surface area contributed by atoms with Crippen molar-refractivity contribution in [3.63, 3.8) is 0 Å². The molecule has 1 unspecified atom stereocenters. The fourth-order valence-electron chi connectivity index (χ4n) is 3.86. The number of nitrogens with zero attached hydrogens (tertiary/aromatic N) is 3. The van der Waals surface area contributed by atoms with Gasteiger partial charge in [0.25, 0.3) is 5.91 Å². The van der Waals surface area contributed by atoms with E-state index < -0.39 is 0 Å². The zero-order chi connectivity index (χ0) is 19.6. The molecule has 5 rings (SSSR count). The largest absolute Gasteiger partial charge is 0.459 e. The summed E-state index contributed by atoms with van der Waals surface area (Å²) in [6, 6.07) is 21.6. The van der Waals surface area contributed by atoms with Crippen LogP contribution >= 0.6 is 0 Å². The number of aromatic nitrogens is 2. The number of piperazine rings is 1. The highest BCUT2D eigenvalue weighted by atomic mass is 16.3. The number of carbonyl (C=O) groups excluding carboxylic acids is 1. The summed E-state index contributed by atoms with van der Waals surface area (Å²) in [6.45, 7) is 1.83. The van der Waals surface area contributed by atoms with Crippen molar-refractivity contribution in [2.75, 3.05) is 19.6 Å². The van der Waals surface area contributed by atoms with Crippen LogP contribution in [0.25, 0.3) is 22.0 Å². The lowest BCUT2D eigenvalue weighted by Gasteiger charge is -2.33. The molecule has 144 valence electrons. The number of rotatable bonds is 3. The van der Waals surface area contributed by atoms with Crippen LogP contribution in [0.4, 0.5) is 0 Å². The average Bonchev–Trinajstić information content (AvgIpc) is 3.33. The first-order valence-electron chi connectivity index (χ1n) is 9.68. The molecule has 1 amide bonds. The van der Waals surface area contributed by atoms with Crippen molar-refractivity contribution in [1.82, 2.24) is 20.4 Å². The number of hydrogen-bond donors (Lipinski definition) is 1. The van der Waals surface area contributed by atoms with Crippen LogP contribution in [0, 0.1) is 0 Å². The molecule has 0 saturated carbocycles. The van der Waals surface area contributed by atoms with Crippen molar-refractivity contribution < 1.29 is 9.21 Å². The van der Waals surface area contributed by atoms with Gasteiger partial charge in [-0.2, -0.15) is 5.10 Å². The van der Waals surface area contributed by atoms with Crippen molar-refractivity contribution >= 4 is 16.7 Å². The zero-order valence-electron chi connectivity index (χ0n) is 15.8. The van der Waals surface area contributed by atoms with Crippen LogP contribution in [0.5, 0.6) is 0 Å². The molecular weight excluding hydrogens is 364 g/mol. The van der Waals surface area contributed by atoms with Crippen LogP contribution in [0.1, 0.15) is 22.3 Å². The molecule has 0 spiro atoms. The molecule has 4 aromatic rings. The second kappa shape index (κ2) is 7.48. The molecule has 1 aliphatic heterocycles. The molecule has 2 aromatic carbocycles. The first-order valence-corrected chi connectivity index (χ1v) is 9.68. The summed E-state index contributed by atoms with van der Waals surface area (Å²) in [5, 5.41) is 14.7. The number of benzene rings is 2. The van der Waals surface area contributed by atoms with Gasteiger partial charge in [-0.25, -0.2) is 0 Å². The molecule has 1 N–H and O–H groups in total. The van der Waals surface area contributed by atoms with Gasteiger partial charge >= 0.3 is 0 Å². The highest BCUT2D eigenvalue weighted by Crippen LogP contribution is 2.30. The van der Waals surface area contributed by atoms with Gasteiger partial charge in [-0.15, -0.1) is 5.10 Å². The molecule has 6 nitrogen and oxygen atoms in total. The van der Waals surface area contributed by atoms with Gasteiger partial charge in [-0.05, 0) is 12.1 Å². The predicted octanol–water partition coefficient (Wildman–Crippen LogP) is 3.68.